The molecule has 0 aliphatic rings. The van der Waals surface area contributed by atoms with Gasteiger partial charge in [0.1, 0.15) is 0 Å². The van der Waals surface area contributed by atoms with Crippen LogP contribution in [0.2, 0.25) is 0 Å². The third-order valence-corrected chi connectivity index (χ3v) is 0.0833. The lowest BCUT2D eigenvalue weighted by atomic mass is 12.4. The Morgan fingerprint density at radius 1 is 1.00 bits per heavy atom. The first-order valence-electron chi connectivity index (χ1n) is 0.827. The van der Waals surface area contributed by atoms with E-state index in [-0.39, 0.29) is 5.48 Å². The Kier molecular flexibility index (Phi) is 16.3. The number of hydrogen-bond donors (Lipinski definition) is 4. The molecular formula is H8N4O. The lowest BCUT2D eigenvalue weighted by Crippen LogP contribution is -2.42. The van der Waals surface area contributed by atoms with E-state index in [1.54, 1.807) is 0 Å². The van der Waals surface area contributed by atoms with Crippen LogP contribution in [0.3, 0.4) is 0 Å². The molecule has 0 rings (SSSR count). The fraction of sp³-hybridized carbons (Fsp3) is 0. The van der Waals surface area contributed by atoms with Crippen LogP contribution in [-0.2, 0) is 0 Å². The molecule has 5 nitrogen and oxygen atoms in total. The van der Waals surface area contributed by atoms with Gasteiger partial charge in [0.15, 0.2) is 0 Å². The average Bonchev–Trinajstić information content (AvgIpc) is 1.37. The Bertz CT molecular complexity index is 5.61. The Balaban J connectivity index is 0. The third-order valence-electron chi connectivity index (χ3n) is 0.0833. The second-order valence-electron chi connectivity index (χ2n) is 0.289. The molecule has 0 bridgehead atoms. The van der Waals surface area contributed by atoms with Crippen LogP contribution in [0.15, 0.2) is 0 Å². The van der Waals surface area contributed by atoms with Crippen molar-refractivity contribution in [1.82, 2.24) is 11.1 Å². The number of nitrogens with two attached hydrogens (primary N) is 2. The highest BCUT2D eigenvalue weighted by Crippen LogP contribution is 0.832. The average molecular weight is 80.1 g/mol. The molecule has 0 aliphatic heterocycles. The van der Waals surface area contributed by atoms with Crippen LogP contribution in [0.4, 0.5) is 0 Å². The highest BCUT2D eigenvalue weighted by molar-refractivity contribution is 3.82. The zero-order valence-electron chi connectivity index (χ0n) is 2.65. The molecule has 0 saturated heterocycles. The Labute approximate surface area is 29.5 Å². The van der Waals surface area contributed by atoms with Crippen LogP contribution in [-0.4, -0.2) is 5.48 Å². The first kappa shape index (κ1) is 8.84. The summed E-state index contributed by atoms with van der Waals surface area (Å²) in [5.74, 6) is 9.08. The molecule has 0 aromatic heterocycles. The molecule has 0 fully saturated rings. The highest BCUT2D eigenvalue weighted by atomic mass is 16.0. The lowest BCUT2D eigenvalue weighted by molar-refractivity contribution is 0.579. The summed E-state index contributed by atoms with van der Waals surface area (Å²) in [4.78, 5) is 0. The summed E-state index contributed by atoms with van der Waals surface area (Å²) < 4.78 is 0. The van der Waals surface area contributed by atoms with Crippen LogP contribution >= 0.6 is 0 Å². The van der Waals surface area contributed by atoms with Gasteiger partial charge in [-0.25, -0.2) is 0 Å². The Morgan fingerprint density at radius 2 is 1.20 bits per heavy atom. The third kappa shape index (κ3) is 19.2. The first-order chi connectivity index (χ1) is 1.91. The van der Waals surface area contributed by atoms with E-state index in [1.165, 1.54) is 0 Å². The van der Waals surface area contributed by atoms with Crippen molar-refractivity contribution in [3.8, 4) is 0 Å². The van der Waals surface area contributed by atoms with E-state index in [0.717, 1.165) is 0 Å². The van der Waals surface area contributed by atoms with Crippen molar-refractivity contribution >= 4 is 0 Å². The predicted molar refractivity (Wildman–Crippen MR) is 18.3 cm³/mol. The van der Waals surface area contributed by atoms with Gasteiger partial charge < -0.3 is 5.48 Å². The lowest BCUT2D eigenvalue weighted by Gasteiger charge is -1.82. The number of nitrogens with one attached hydrogen (secondary N) is 2. The van der Waals surface area contributed by atoms with Gasteiger partial charge >= 0.3 is 0 Å². The summed E-state index contributed by atoms with van der Waals surface area (Å²) in [6.45, 7) is 0. The maximum atomic E-state index is 4.54. The monoisotopic (exact) mass is 80.1 g/mol. The maximum Gasteiger partial charge on any atom is -0.183 e. The Morgan fingerprint density at radius 3 is 1.20 bits per heavy atom. The van der Waals surface area contributed by atoms with Gasteiger partial charge in [-0.15, -0.1) is 0 Å². The van der Waals surface area contributed by atoms with E-state index in [1.807, 2.05) is 11.1 Å². The van der Waals surface area contributed by atoms with Gasteiger partial charge in [-0.2, -0.15) is 11.1 Å². The van der Waals surface area contributed by atoms with Gasteiger partial charge in [-0.1, -0.05) is 0 Å². The van der Waals surface area contributed by atoms with Gasteiger partial charge in [-0.3, -0.25) is 11.7 Å². The summed E-state index contributed by atoms with van der Waals surface area (Å²) >= 11 is 0. The van der Waals surface area contributed by atoms with E-state index in [9.17, 15) is 0 Å². The van der Waals surface area contributed by atoms with E-state index in [0.29, 0.717) is 0 Å². The van der Waals surface area contributed by atoms with Crippen LogP contribution in [0.1, 0.15) is 0 Å². The molecule has 0 saturated carbocycles. The number of hydrogen-bond acceptors (Lipinski definition) is 4. The zero-order valence-corrected chi connectivity index (χ0v) is 2.65. The SMILES string of the molecule is NNNN.O. The standard InChI is InChI=1S/H6N4.H2O/c1-3-4-2;/h3-4H,1-2H2;1H2. The smallest absolute Gasteiger partial charge is 0.183 e. The van der Waals surface area contributed by atoms with Crippen molar-refractivity contribution in [2.24, 2.45) is 11.7 Å². The summed E-state index contributed by atoms with van der Waals surface area (Å²) in [7, 11) is 0. The van der Waals surface area contributed by atoms with Gasteiger partial charge in [0.2, 0.25) is 0 Å². The van der Waals surface area contributed by atoms with E-state index in [4.69, 9.17) is 0 Å². The second kappa shape index (κ2) is 9.20. The molecule has 8 N–H and O–H groups in total. The normalized spacial score (nSPS) is 6.00. The molecule has 0 aromatic carbocycles. The minimum Gasteiger partial charge on any atom is -0.412 e. The minimum absolute atomic E-state index is 0. The molecule has 0 aromatic rings. The molecule has 0 spiro atoms. The van der Waals surface area contributed by atoms with Crippen molar-refractivity contribution in [3.05, 3.63) is 0 Å². The molecule has 0 heterocycles. The molecule has 5 heavy (non-hydrogen) atoms. The van der Waals surface area contributed by atoms with E-state index >= 15 is 0 Å². The fourth-order valence-electron chi connectivity index (χ4n) is 0. The predicted octanol–water partition coefficient (Wildman–Crippen LogP) is -3.00. The maximum absolute atomic E-state index is 4.54. The van der Waals surface area contributed by atoms with Crippen molar-refractivity contribution in [3.63, 3.8) is 0 Å². The zero-order chi connectivity index (χ0) is 3.41. The number of hydrazine groups is 3. The molecular weight excluding hydrogens is 72.0 g/mol. The summed E-state index contributed by atoms with van der Waals surface area (Å²) in [6, 6.07) is 0. The molecule has 0 aliphatic carbocycles. The van der Waals surface area contributed by atoms with Crippen molar-refractivity contribution in [2.75, 3.05) is 0 Å². The summed E-state index contributed by atoms with van der Waals surface area (Å²) in [6.07, 6.45) is 0. The molecule has 0 amide bonds. The van der Waals surface area contributed by atoms with Crippen LogP contribution < -0.4 is 22.8 Å². The van der Waals surface area contributed by atoms with Gasteiger partial charge in [0.25, 0.3) is 0 Å². The minimum atomic E-state index is 0. The first-order valence-corrected chi connectivity index (χ1v) is 0.827. The number of rotatable bonds is 1. The van der Waals surface area contributed by atoms with Gasteiger partial charge in [0, 0.05) is 0 Å². The molecule has 0 atom stereocenters. The quantitative estimate of drug-likeness (QED) is 0.199. The Hall–Kier alpha value is -0.200. The van der Waals surface area contributed by atoms with Crippen LogP contribution in [0.25, 0.3) is 0 Å². The molecule has 0 unspecified atom stereocenters. The summed E-state index contributed by atoms with van der Waals surface area (Å²) in [5.41, 5.74) is 3.92. The molecule has 0 radical (unpaired) electrons. The molecule has 34 valence electrons. The molecule has 5 heteroatoms. The fourth-order valence-corrected chi connectivity index (χ4v) is 0. The highest BCUT2D eigenvalue weighted by Gasteiger charge is 1.42. The second-order valence-corrected chi connectivity index (χ2v) is 0.289. The summed E-state index contributed by atoms with van der Waals surface area (Å²) in [5, 5.41) is 0. The van der Waals surface area contributed by atoms with Gasteiger partial charge in [0.05, 0.1) is 0 Å². The van der Waals surface area contributed by atoms with E-state index < -0.39 is 0 Å². The topological polar surface area (TPSA) is 108 Å². The van der Waals surface area contributed by atoms with E-state index in [2.05, 4.69) is 11.7 Å². The largest absolute Gasteiger partial charge is 0.412 e. The van der Waals surface area contributed by atoms with Crippen LogP contribution in [0, 0.1) is 0 Å². The van der Waals surface area contributed by atoms with Crippen molar-refractivity contribution in [1.29, 1.82) is 0 Å². The van der Waals surface area contributed by atoms with Crippen molar-refractivity contribution in [2.45, 2.75) is 0 Å². The van der Waals surface area contributed by atoms with Gasteiger partial charge in [-0.05, 0) is 0 Å². The van der Waals surface area contributed by atoms with Crippen LogP contribution in [0.5, 0.6) is 0 Å². The van der Waals surface area contributed by atoms with Crippen molar-refractivity contribution < 1.29 is 5.48 Å².